The molecule has 248 valence electrons. The Hall–Kier alpha value is -5.66. The van der Waals surface area contributed by atoms with Gasteiger partial charge in [-0.05, 0) is 123 Å². The van der Waals surface area contributed by atoms with Crippen LogP contribution in [0.15, 0.2) is 152 Å². The van der Waals surface area contributed by atoms with Crippen LogP contribution in [0, 0.1) is 13.8 Å². The summed E-state index contributed by atoms with van der Waals surface area (Å²) >= 11 is 0. The summed E-state index contributed by atoms with van der Waals surface area (Å²) in [6.07, 6.45) is 0. The Labute approximate surface area is 302 Å². The number of rotatable bonds is 5. The van der Waals surface area contributed by atoms with E-state index < -0.39 is 0 Å². The first-order chi connectivity index (χ1) is 24.6. The highest BCUT2D eigenvalue weighted by molar-refractivity contribution is 5.94. The molecule has 0 spiro atoms. The number of aryl methyl sites for hydroxylation is 2. The van der Waals surface area contributed by atoms with Crippen molar-refractivity contribution in [1.29, 1.82) is 0 Å². The van der Waals surface area contributed by atoms with Gasteiger partial charge in [-0.15, -0.1) is 0 Å². The van der Waals surface area contributed by atoms with Crippen molar-refractivity contribution in [2.75, 3.05) is 4.90 Å². The first-order valence-corrected chi connectivity index (χ1v) is 18.2. The second kappa shape index (κ2) is 11.4. The molecule has 0 atom stereocenters. The Morgan fingerprint density at radius 3 is 1.29 bits per heavy atom. The third kappa shape index (κ3) is 4.75. The van der Waals surface area contributed by atoms with Gasteiger partial charge in [0.2, 0.25) is 0 Å². The zero-order valence-electron chi connectivity index (χ0n) is 30.4. The summed E-state index contributed by atoms with van der Waals surface area (Å²) in [5, 5.41) is 0. The highest BCUT2D eigenvalue weighted by Gasteiger charge is 2.38. The van der Waals surface area contributed by atoms with Gasteiger partial charge in [-0.25, -0.2) is 0 Å². The number of nitrogens with zero attached hydrogens (tertiary/aromatic N) is 1. The Balaban J connectivity index is 1.31. The quantitative estimate of drug-likeness (QED) is 0.178. The van der Waals surface area contributed by atoms with E-state index in [4.69, 9.17) is 0 Å². The first kappa shape index (κ1) is 31.3. The van der Waals surface area contributed by atoms with Gasteiger partial charge >= 0.3 is 0 Å². The fourth-order valence-electron chi connectivity index (χ4n) is 8.98. The van der Waals surface area contributed by atoms with Crippen LogP contribution < -0.4 is 4.90 Å². The van der Waals surface area contributed by atoms with Crippen LogP contribution in [-0.4, -0.2) is 0 Å². The molecule has 0 radical (unpaired) electrons. The molecule has 7 aromatic rings. The summed E-state index contributed by atoms with van der Waals surface area (Å²) < 4.78 is 0. The lowest BCUT2D eigenvalue weighted by Gasteiger charge is -2.31. The molecular weight excluding hydrogens is 615 g/mol. The Morgan fingerprint density at radius 1 is 0.353 bits per heavy atom. The lowest BCUT2D eigenvalue weighted by molar-refractivity contribution is 0.660. The van der Waals surface area contributed by atoms with E-state index in [1.54, 1.807) is 0 Å². The molecule has 1 heteroatoms. The molecule has 0 fully saturated rings. The summed E-state index contributed by atoms with van der Waals surface area (Å²) in [4.78, 5) is 2.52. The minimum Gasteiger partial charge on any atom is -0.310 e. The van der Waals surface area contributed by atoms with Gasteiger partial charge in [-0.1, -0.05) is 143 Å². The van der Waals surface area contributed by atoms with Crippen molar-refractivity contribution in [3.05, 3.63) is 185 Å². The van der Waals surface area contributed by atoms with Crippen LogP contribution in [0.5, 0.6) is 0 Å². The zero-order chi connectivity index (χ0) is 35.1. The summed E-state index contributed by atoms with van der Waals surface area (Å²) in [5.41, 5.74) is 21.7. The molecule has 7 aromatic carbocycles. The molecule has 1 nitrogen and oxygen atoms in total. The molecule has 0 saturated carbocycles. The molecule has 0 saturated heterocycles. The van der Waals surface area contributed by atoms with Crippen molar-refractivity contribution in [3.63, 3.8) is 0 Å². The number of hydrogen-bond acceptors (Lipinski definition) is 1. The molecule has 0 unspecified atom stereocenters. The molecule has 0 N–H and O–H groups in total. The molecule has 0 aromatic heterocycles. The molecule has 0 amide bonds. The molecule has 9 rings (SSSR count). The van der Waals surface area contributed by atoms with Crippen molar-refractivity contribution in [1.82, 2.24) is 0 Å². The summed E-state index contributed by atoms with van der Waals surface area (Å²) in [5.74, 6) is 0. The van der Waals surface area contributed by atoms with E-state index in [0.717, 1.165) is 0 Å². The van der Waals surface area contributed by atoms with E-state index in [1.165, 1.54) is 95.0 Å². The van der Waals surface area contributed by atoms with Crippen molar-refractivity contribution in [2.24, 2.45) is 0 Å². The normalized spacial score (nSPS) is 14.4. The van der Waals surface area contributed by atoms with Crippen LogP contribution in [0.3, 0.4) is 0 Å². The summed E-state index contributed by atoms with van der Waals surface area (Å²) in [6, 6.07) is 56.7. The second-order valence-electron chi connectivity index (χ2n) is 15.5. The molecule has 2 aliphatic carbocycles. The molecule has 51 heavy (non-hydrogen) atoms. The third-order valence-electron chi connectivity index (χ3n) is 11.8. The van der Waals surface area contributed by atoms with Crippen molar-refractivity contribution in [2.45, 2.75) is 52.4 Å². The lowest BCUT2D eigenvalue weighted by Crippen LogP contribution is -2.18. The molecule has 0 heterocycles. The van der Waals surface area contributed by atoms with Gasteiger partial charge in [0.1, 0.15) is 0 Å². The Morgan fingerprint density at radius 2 is 0.784 bits per heavy atom. The van der Waals surface area contributed by atoms with E-state index >= 15 is 0 Å². The fraction of sp³-hybridized carbons (Fsp3) is 0.160. The molecular formula is C50H43N. The Kier molecular flexibility index (Phi) is 7.03. The maximum absolute atomic E-state index is 2.52. The minimum absolute atomic E-state index is 0.108. The van der Waals surface area contributed by atoms with Crippen LogP contribution in [0.25, 0.3) is 44.5 Å². The van der Waals surface area contributed by atoms with E-state index in [1.807, 2.05) is 0 Å². The monoisotopic (exact) mass is 657 g/mol. The van der Waals surface area contributed by atoms with Gasteiger partial charge in [0.25, 0.3) is 0 Å². The van der Waals surface area contributed by atoms with Crippen molar-refractivity contribution >= 4 is 17.1 Å². The van der Waals surface area contributed by atoms with Crippen molar-refractivity contribution < 1.29 is 0 Å². The zero-order valence-corrected chi connectivity index (χ0v) is 30.4. The van der Waals surface area contributed by atoms with Crippen LogP contribution >= 0.6 is 0 Å². The lowest BCUT2D eigenvalue weighted by atomic mass is 9.82. The average Bonchev–Trinajstić information content (AvgIpc) is 3.52. The largest absolute Gasteiger partial charge is 0.310 e. The predicted octanol–water partition coefficient (Wildman–Crippen LogP) is 13.7. The highest BCUT2D eigenvalue weighted by atomic mass is 15.1. The number of benzene rings is 7. The average molecular weight is 658 g/mol. The van der Waals surface area contributed by atoms with Gasteiger partial charge in [0.05, 0.1) is 5.69 Å². The highest BCUT2D eigenvalue weighted by Crippen LogP contribution is 2.54. The standard InChI is InChI=1S/C50H43N/c1-32-15-7-9-17-37(32)34-23-28-48(43(29-34)38-18-10-8-16-33(38)2)51(35-24-26-41-39-19-11-13-21-44(39)49(3,4)46(41)30-35)36-25-27-42-40-20-12-14-22-45(40)50(5,6)47(42)31-36/h7-31H,1-6H3. The van der Waals surface area contributed by atoms with Crippen LogP contribution in [0.1, 0.15) is 61.1 Å². The molecule has 2 aliphatic rings. The number of anilines is 3. The van der Waals surface area contributed by atoms with E-state index in [2.05, 4.69) is 198 Å². The number of hydrogen-bond donors (Lipinski definition) is 0. The fourth-order valence-corrected chi connectivity index (χ4v) is 8.98. The Bertz CT molecular complexity index is 2400. The van der Waals surface area contributed by atoms with Gasteiger partial charge in [-0.2, -0.15) is 0 Å². The minimum atomic E-state index is -0.108. The molecule has 0 bridgehead atoms. The van der Waals surface area contributed by atoms with E-state index in [0.29, 0.717) is 0 Å². The second-order valence-corrected chi connectivity index (χ2v) is 15.5. The van der Waals surface area contributed by atoms with E-state index in [-0.39, 0.29) is 10.8 Å². The summed E-state index contributed by atoms with van der Waals surface area (Å²) in [7, 11) is 0. The number of fused-ring (bicyclic) bond motifs is 6. The van der Waals surface area contributed by atoms with Crippen LogP contribution in [0.2, 0.25) is 0 Å². The smallest absolute Gasteiger partial charge is 0.0540 e. The third-order valence-corrected chi connectivity index (χ3v) is 11.8. The van der Waals surface area contributed by atoms with Crippen LogP contribution in [-0.2, 0) is 10.8 Å². The van der Waals surface area contributed by atoms with Crippen molar-refractivity contribution in [3.8, 4) is 44.5 Å². The first-order valence-electron chi connectivity index (χ1n) is 18.2. The maximum Gasteiger partial charge on any atom is 0.0540 e. The topological polar surface area (TPSA) is 3.24 Å². The maximum atomic E-state index is 2.52. The molecule has 0 aliphatic heterocycles. The summed E-state index contributed by atoms with van der Waals surface area (Å²) in [6.45, 7) is 13.9. The van der Waals surface area contributed by atoms with Gasteiger partial charge in [0, 0.05) is 27.8 Å². The van der Waals surface area contributed by atoms with Gasteiger partial charge in [0.15, 0.2) is 0 Å². The van der Waals surface area contributed by atoms with Gasteiger partial charge < -0.3 is 4.90 Å². The predicted molar refractivity (Wildman–Crippen MR) is 217 cm³/mol. The van der Waals surface area contributed by atoms with Crippen LogP contribution in [0.4, 0.5) is 17.1 Å². The van der Waals surface area contributed by atoms with E-state index in [9.17, 15) is 0 Å². The SMILES string of the molecule is Cc1ccccc1-c1ccc(N(c2ccc3c(c2)C(C)(C)c2ccccc2-3)c2ccc3c(c2)C(C)(C)c2ccccc2-3)c(-c2ccccc2C)c1. The van der Waals surface area contributed by atoms with Gasteiger partial charge in [-0.3, -0.25) is 0 Å².